The Kier molecular flexibility index (Phi) is 4.60. The number of carboxylic acids is 1. The molecule has 0 radical (unpaired) electrons. The normalized spacial score (nSPS) is 8.25. The molecular formula is C8H12N2O2. The van der Waals surface area contributed by atoms with Crippen molar-refractivity contribution in [1.82, 2.24) is 9.97 Å². The smallest absolute Gasteiger partial charge is 0.373 e. The number of hydrogen-bond donors (Lipinski definition) is 1. The van der Waals surface area contributed by atoms with Crippen molar-refractivity contribution < 1.29 is 9.90 Å². The summed E-state index contributed by atoms with van der Waals surface area (Å²) in [5.41, 5.74) is 0.852. The molecule has 1 aromatic rings. The Hall–Kier alpha value is -1.45. The van der Waals surface area contributed by atoms with E-state index in [9.17, 15) is 4.79 Å². The van der Waals surface area contributed by atoms with Gasteiger partial charge in [-0.15, -0.1) is 0 Å². The first-order chi connectivity index (χ1) is 5.70. The number of carboxylic acid groups (broad SMARTS) is 1. The molecule has 0 fully saturated rings. The first-order valence-corrected chi connectivity index (χ1v) is 3.72. The second kappa shape index (κ2) is 5.23. The van der Waals surface area contributed by atoms with Crippen molar-refractivity contribution in [1.29, 1.82) is 0 Å². The molecule has 0 amide bonds. The lowest BCUT2D eigenvalue weighted by Gasteiger charge is -1.90. The molecule has 0 aromatic carbocycles. The van der Waals surface area contributed by atoms with Gasteiger partial charge in [0.1, 0.15) is 0 Å². The Balaban J connectivity index is 0.000000561. The summed E-state index contributed by atoms with van der Waals surface area (Å²) < 4.78 is 0. The van der Waals surface area contributed by atoms with Crippen molar-refractivity contribution in [2.75, 3.05) is 0 Å². The third-order valence-electron chi connectivity index (χ3n) is 0.972. The number of nitrogens with zero attached hydrogens (tertiary/aromatic N) is 2. The van der Waals surface area contributed by atoms with Crippen LogP contribution >= 0.6 is 0 Å². The average molecular weight is 168 g/mol. The van der Waals surface area contributed by atoms with Crippen LogP contribution in [0.2, 0.25) is 0 Å². The van der Waals surface area contributed by atoms with Crippen LogP contribution in [0.1, 0.15) is 30.0 Å². The van der Waals surface area contributed by atoms with E-state index < -0.39 is 5.97 Å². The Morgan fingerprint density at radius 1 is 1.33 bits per heavy atom. The lowest BCUT2D eigenvalue weighted by molar-refractivity contribution is 0.0683. The van der Waals surface area contributed by atoms with Gasteiger partial charge in [-0.05, 0) is 12.5 Å². The molecule has 1 N–H and O–H groups in total. The Morgan fingerprint density at radius 3 is 2.08 bits per heavy atom. The molecule has 0 unspecified atom stereocenters. The number of aryl methyl sites for hydroxylation is 1. The highest BCUT2D eigenvalue weighted by atomic mass is 16.4. The van der Waals surface area contributed by atoms with Crippen molar-refractivity contribution in [3.63, 3.8) is 0 Å². The summed E-state index contributed by atoms with van der Waals surface area (Å²) in [5.74, 6) is -1.26. The third-order valence-corrected chi connectivity index (χ3v) is 0.972. The van der Waals surface area contributed by atoms with Crippen LogP contribution < -0.4 is 0 Å². The molecule has 0 aliphatic carbocycles. The zero-order valence-electron chi connectivity index (χ0n) is 7.40. The second-order valence-electron chi connectivity index (χ2n) is 1.89. The molecule has 4 nitrogen and oxygen atoms in total. The number of rotatable bonds is 1. The molecule has 0 spiro atoms. The summed E-state index contributed by atoms with van der Waals surface area (Å²) in [6.45, 7) is 5.80. The van der Waals surface area contributed by atoms with Crippen LogP contribution in [0.5, 0.6) is 0 Å². The van der Waals surface area contributed by atoms with Crippen LogP contribution in [-0.2, 0) is 0 Å². The zero-order valence-corrected chi connectivity index (χ0v) is 7.40. The van der Waals surface area contributed by atoms with Crippen molar-refractivity contribution in [2.24, 2.45) is 0 Å². The predicted molar refractivity (Wildman–Crippen MR) is 45.1 cm³/mol. The van der Waals surface area contributed by atoms with Gasteiger partial charge in [0.05, 0.1) is 0 Å². The monoisotopic (exact) mass is 168 g/mol. The zero-order chi connectivity index (χ0) is 9.56. The van der Waals surface area contributed by atoms with Gasteiger partial charge in [0.2, 0.25) is 5.82 Å². The maximum Gasteiger partial charge on any atom is 0.373 e. The summed E-state index contributed by atoms with van der Waals surface area (Å²) in [5, 5.41) is 8.35. The largest absolute Gasteiger partial charge is 0.475 e. The van der Waals surface area contributed by atoms with Gasteiger partial charge >= 0.3 is 5.97 Å². The van der Waals surface area contributed by atoms with E-state index in [0.717, 1.165) is 5.56 Å². The van der Waals surface area contributed by atoms with E-state index in [1.165, 1.54) is 12.4 Å². The van der Waals surface area contributed by atoms with Gasteiger partial charge in [0, 0.05) is 12.4 Å². The highest BCUT2D eigenvalue weighted by Crippen LogP contribution is 1.92. The van der Waals surface area contributed by atoms with Crippen LogP contribution in [0.3, 0.4) is 0 Å². The van der Waals surface area contributed by atoms with Crippen molar-refractivity contribution in [3.8, 4) is 0 Å². The van der Waals surface area contributed by atoms with E-state index in [0.29, 0.717) is 0 Å². The summed E-state index contributed by atoms with van der Waals surface area (Å²) in [6.07, 6.45) is 2.94. The van der Waals surface area contributed by atoms with E-state index in [1.54, 1.807) is 6.92 Å². The van der Waals surface area contributed by atoms with Crippen LogP contribution in [-0.4, -0.2) is 21.0 Å². The minimum absolute atomic E-state index is 0.161. The standard InChI is InChI=1S/C6H6N2O2.C2H6/c1-4-2-7-5(6(9)10)8-3-4;1-2/h2-3H,1H3,(H,9,10);1-2H3. The lowest BCUT2D eigenvalue weighted by atomic mass is 10.4. The molecule has 0 saturated heterocycles. The van der Waals surface area contributed by atoms with Gasteiger partial charge in [-0.3, -0.25) is 0 Å². The van der Waals surface area contributed by atoms with Crippen LogP contribution in [0.4, 0.5) is 0 Å². The molecule has 0 saturated carbocycles. The fraction of sp³-hybridized carbons (Fsp3) is 0.375. The minimum Gasteiger partial charge on any atom is -0.475 e. The summed E-state index contributed by atoms with van der Waals surface area (Å²) >= 11 is 0. The number of hydrogen-bond acceptors (Lipinski definition) is 3. The Bertz CT molecular complexity index is 244. The summed E-state index contributed by atoms with van der Waals surface area (Å²) in [7, 11) is 0. The summed E-state index contributed by atoms with van der Waals surface area (Å²) in [6, 6.07) is 0. The molecule has 1 heterocycles. The summed E-state index contributed by atoms with van der Waals surface area (Å²) in [4.78, 5) is 17.3. The molecule has 1 aromatic heterocycles. The lowest BCUT2D eigenvalue weighted by Crippen LogP contribution is -2.02. The molecule has 0 atom stereocenters. The predicted octanol–water partition coefficient (Wildman–Crippen LogP) is 1.51. The van der Waals surface area contributed by atoms with E-state index in [1.807, 2.05) is 13.8 Å². The fourth-order valence-electron chi connectivity index (χ4n) is 0.503. The van der Waals surface area contributed by atoms with Crippen molar-refractivity contribution >= 4 is 5.97 Å². The van der Waals surface area contributed by atoms with Crippen LogP contribution in [0, 0.1) is 6.92 Å². The number of aromatic nitrogens is 2. The minimum atomic E-state index is -1.10. The Morgan fingerprint density at radius 2 is 1.75 bits per heavy atom. The number of aromatic carboxylic acids is 1. The van der Waals surface area contributed by atoms with Gasteiger partial charge in [-0.25, -0.2) is 14.8 Å². The second-order valence-corrected chi connectivity index (χ2v) is 1.89. The first-order valence-electron chi connectivity index (χ1n) is 3.72. The van der Waals surface area contributed by atoms with E-state index in [2.05, 4.69) is 9.97 Å². The van der Waals surface area contributed by atoms with Gasteiger partial charge in [-0.1, -0.05) is 13.8 Å². The van der Waals surface area contributed by atoms with Crippen LogP contribution in [0.25, 0.3) is 0 Å². The highest BCUT2D eigenvalue weighted by Gasteiger charge is 2.02. The van der Waals surface area contributed by atoms with Crippen LogP contribution in [0.15, 0.2) is 12.4 Å². The Labute approximate surface area is 71.3 Å². The maximum absolute atomic E-state index is 10.2. The topological polar surface area (TPSA) is 63.1 Å². The van der Waals surface area contributed by atoms with Gasteiger partial charge in [0.15, 0.2) is 0 Å². The number of carbonyl (C=O) groups is 1. The molecule has 0 aliphatic heterocycles. The molecule has 0 aliphatic rings. The molecule has 0 bridgehead atoms. The van der Waals surface area contributed by atoms with E-state index >= 15 is 0 Å². The van der Waals surface area contributed by atoms with Gasteiger partial charge < -0.3 is 5.11 Å². The maximum atomic E-state index is 10.2. The first kappa shape index (κ1) is 10.6. The van der Waals surface area contributed by atoms with E-state index in [-0.39, 0.29) is 5.82 Å². The average Bonchev–Trinajstić information content (AvgIpc) is 2.09. The van der Waals surface area contributed by atoms with Gasteiger partial charge in [0.25, 0.3) is 0 Å². The molecule has 1 rings (SSSR count). The van der Waals surface area contributed by atoms with Crippen molar-refractivity contribution in [3.05, 3.63) is 23.8 Å². The molecule has 12 heavy (non-hydrogen) atoms. The highest BCUT2D eigenvalue weighted by molar-refractivity contribution is 5.82. The SMILES string of the molecule is CC.Cc1cnc(C(=O)O)nc1. The molecule has 66 valence electrons. The quantitative estimate of drug-likeness (QED) is 0.690. The molecule has 4 heteroatoms. The van der Waals surface area contributed by atoms with Crippen molar-refractivity contribution in [2.45, 2.75) is 20.8 Å². The fourth-order valence-corrected chi connectivity index (χ4v) is 0.503. The third kappa shape index (κ3) is 3.09. The molecular weight excluding hydrogens is 156 g/mol. The van der Waals surface area contributed by atoms with Gasteiger partial charge in [-0.2, -0.15) is 0 Å². The van der Waals surface area contributed by atoms with E-state index in [4.69, 9.17) is 5.11 Å².